The van der Waals surface area contributed by atoms with E-state index in [1.54, 1.807) is 7.11 Å². The zero-order valence-electron chi connectivity index (χ0n) is 11.1. The van der Waals surface area contributed by atoms with Gasteiger partial charge in [-0.25, -0.2) is 0 Å². The Kier molecular flexibility index (Phi) is 6.06. The van der Waals surface area contributed by atoms with E-state index < -0.39 is 0 Å². The summed E-state index contributed by atoms with van der Waals surface area (Å²) < 4.78 is 5.12. The SMILES string of the molecule is C\C=C/C(=C\C=C(/C)OC)C1CCCCC1O. The first-order valence-corrected chi connectivity index (χ1v) is 6.42. The van der Waals surface area contributed by atoms with Gasteiger partial charge < -0.3 is 9.84 Å². The zero-order valence-corrected chi connectivity index (χ0v) is 11.1. The third-order valence-corrected chi connectivity index (χ3v) is 3.35. The normalized spacial score (nSPS) is 27.5. The third kappa shape index (κ3) is 4.39. The van der Waals surface area contributed by atoms with E-state index in [4.69, 9.17) is 4.74 Å². The highest BCUT2D eigenvalue weighted by molar-refractivity contribution is 5.28. The second kappa shape index (κ2) is 7.33. The van der Waals surface area contributed by atoms with Crippen LogP contribution in [0.2, 0.25) is 0 Å². The van der Waals surface area contributed by atoms with Crippen LogP contribution in [-0.4, -0.2) is 18.3 Å². The molecule has 0 spiro atoms. The van der Waals surface area contributed by atoms with Crippen molar-refractivity contribution in [2.45, 2.75) is 45.6 Å². The fourth-order valence-corrected chi connectivity index (χ4v) is 2.28. The van der Waals surface area contributed by atoms with E-state index in [0.717, 1.165) is 25.0 Å². The standard InChI is InChI=1S/C15H24O2/c1-4-7-13(11-10-12(2)17-3)14-8-5-6-9-15(14)16/h4,7,10-11,14-16H,5-6,8-9H2,1-3H3/b7-4-,12-10+,13-11+. The highest BCUT2D eigenvalue weighted by Crippen LogP contribution is 2.31. The molecule has 0 saturated heterocycles. The van der Waals surface area contributed by atoms with Crippen LogP contribution in [-0.2, 0) is 4.74 Å². The van der Waals surface area contributed by atoms with Gasteiger partial charge in [-0.15, -0.1) is 0 Å². The fraction of sp³-hybridized carbons (Fsp3) is 0.600. The van der Waals surface area contributed by atoms with Crippen LogP contribution in [0.3, 0.4) is 0 Å². The lowest BCUT2D eigenvalue weighted by atomic mass is 9.81. The number of rotatable bonds is 4. The third-order valence-electron chi connectivity index (χ3n) is 3.35. The van der Waals surface area contributed by atoms with Crippen molar-refractivity contribution in [3.05, 3.63) is 35.6 Å². The predicted molar refractivity (Wildman–Crippen MR) is 71.6 cm³/mol. The molecular formula is C15H24O2. The zero-order chi connectivity index (χ0) is 12.7. The number of hydrogen-bond donors (Lipinski definition) is 1. The van der Waals surface area contributed by atoms with Gasteiger partial charge in [0.15, 0.2) is 0 Å². The first-order chi connectivity index (χ1) is 8.19. The van der Waals surface area contributed by atoms with Crippen LogP contribution in [0.25, 0.3) is 0 Å². The fourth-order valence-electron chi connectivity index (χ4n) is 2.28. The van der Waals surface area contributed by atoms with Gasteiger partial charge in [-0.05, 0) is 38.3 Å². The maximum atomic E-state index is 10.1. The molecule has 1 aliphatic rings. The van der Waals surface area contributed by atoms with Gasteiger partial charge in [-0.3, -0.25) is 0 Å². The molecule has 0 bridgehead atoms. The first kappa shape index (κ1) is 14.0. The van der Waals surface area contributed by atoms with Gasteiger partial charge in [0.25, 0.3) is 0 Å². The second-order valence-electron chi connectivity index (χ2n) is 4.61. The summed E-state index contributed by atoms with van der Waals surface area (Å²) in [6, 6.07) is 0. The quantitative estimate of drug-likeness (QED) is 0.597. The van der Waals surface area contributed by atoms with Crippen molar-refractivity contribution >= 4 is 0 Å². The molecule has 96 valence electrons. The Morgan fingerprint density at radius 1 is 1.24 bits per heavy atom. The van der Waals surface area contributed by atoms with E-state index in [1.807, 2.05) is 26.0 Å². The van der Waals surface area contributed by atoms with Gasteiger partial charge in [-0.2, -0.15) is 0 Å². The van der Waals surface area contributed by atoms with Gasteiger partial charge in [0.1, 0.15) is 0 Å². The van der Waals surface area contributed by atoms with Crippen molar-refractivity contribution in [2.75, 3.05) is 7.11 Å². The van der Waals surface area contributed by atoms with E-state index >= 15 is 0 Å². The largest absolute Gasteiger partial charge is 0.501 e. The lowest BCUT2D eigenvalue weighted by molar-refractivity contribution is 0.0890. The molecule has 0 heterocycles. The van der Waals surface area contributed by atoms with Crippen LogP contribution in [0.4, 0.5) is 0 Å². The van der Waals surface area contributed by atoms with Gasteiger partial charge in [-0.1, -0.05) is 31.1 Å². The molecule has 1 rings (SSSR count). The molecule has 0 aromatic heterocycles. The van der Waals surface area contributed by atoms with Crippen LogP contribution >= 0.6 is 0 Å². The number of ether oxygens (including phenoxy) is 1. The van der Waals surface area contributed by atoms with E-state index in [0.29, 0.717) is 0 Å². The van der Waals surface area contributed by atoms with Gasteiger partial charge in [0.2, 0.25) is 0 Å². The van der Waals surface area contributed by atoms with Crippen molar-refractivity contribution in [3.63, 3.8) is 0 Å². The van der Waals surface area contributed by atoms with Crippen molar-refractivity contribution < 1.29 is 9.84 Å². The Morgan fingerprint density at radius 2 is 1.94 bits per heavy atom. The molecule has 1 saturated carbocycles. The summed E-state index contributed by atoms with van der Waals surface area (Å²) in [5, 5.41) is 10.1. The Balaban J connectivity index is 2.84. The van der Waals surface area contributed by atoms with Gasteiger partial charge in [0.05, 0.1) is 19.0 Å². The molecule has 17 heavy (non-hydrogen) atoms. The van der Waals surface area contributed by atoms with Crippen molar-refractivity contribution in [1.29, 1.82) is 0 Å². The van der Waals surface area contributed by atoms with Crippen molar-refractivity contribution in [2.24, 2.45) is 5.92 Å². The highest BCUT2D eigenvalue weighted by Gasteiger charge is 2.24. The number of aliphatic hydroxyl groups excluding tert-OH is 1. The lowest BCUT2D eigenvalue weighted by Crippen LogP contribution is -2.25. The van der Waals surface area contributed by atoms with Crippen LogP contribution in [0.1, 0.15) is 39.5 Å². The van der Waals surface area contributed by atoms with Crippen LogP contribution in [0.15, 0.2) is 35.6 Å². The summed E-state index contributed by atoms with van der Waals surface area (Å²) in [6.07, 6.45) is 12.3. The molecule has 0 amide bonds. The molecule has 0 radical (unpaired) electrons. The number of hydrogen-bond acceptors (Lipinski definition) is 2. The minimum atomic E-state index is -0.192. The van der Waals surface area contributed by atoms with E-state index in [2.05, 4.69) is 12.2 Å². The topological polar surface area (TPSA) is 29.5 Å². The molecule has 0 aromatic carbocycles. The van der Waals surface area contributed by atoms with Crippen LogP contribution < -0.4 is 0 Å². The van der Waals surface area contributed by atoms with E-state index in [1.165, 1.54) is 12.0 Å². The molecule has 1 aliphatic carbocycles. The summed E-state index contributed by atoms with van der Waals surface area (Å²) in [5.41, 5.74) is 1.20. The molecule has 2 heteroatoms. The first-order valence-electron chi connectivity index (χ1n) is 6.42. The maximum absolute atomic E-state index is 10.1. The van der Waals surface area contributed by atoms with Gasteiger partial charge in [0, 0.05) is 5.92 Å². The van der Waals surface area contributed by atoms with E-state index in [-0.39, 0.29) is 12.0 Å². The second-order valence-corrected chi connectivity index (χ2v) is 4.61. The van der Waals surface area contributed by atoms with Crippen molar-refractivity contribution in [1.82, 2.24) is 0 Å². The summed E-state index contributed by atoms with van der Waals surface area (Å²) >= 11 is 0. The Hall–Kier alpha value is -1.02. The Labute approximate surface area is 105 Å². The molecule has 2 unspecified atom stereocenters. The molecular weight excluding hydrogens is 212 g/mol. The molecule has 1 N–H and O–H groups in total. The molecule has 2 atom stereocenters. The summed E-state index contributed by atoms with van der Waals surface area (Å²) in [4.78, 5) is 0. The summed E-state index contributed by atoms with van der Waals surface area (Å²) in [7, 11) is 1.67. The average molecular weight is 236 g/mol. The number of allylic oxidation sites excluding steroid dienone is 5. The lowest BCUT2D eigenvalue weighted by Gasteiger charge is -2.28. The number of aliphatic hydroxyl groups is 1. The molecule has 1 fully saturated rings. The molecule has 0 aliphatic heterocycles. The maximum Gasteiger partial charge on any atom is 0.0924 e. The Bertz CT molecular complexity index is 313. The molecule has 2 nitrogen and oxygen atoms in total. The van der Waals surface area contributed by atoms with Crippen LogP contribution in [0.5, 0.6) is 0 Å². The molecule has 0 aromatic rings. The Morgan fingerprint density at radius 3 is 2.53 bits per heavy atom. The van der Waals surface area contributed by atoms with Crippen LogP contribution in [0, 0.1) is 5.92 Å². The highest BCUT2D eigenvalue weighted by atomic mass is 16.5. The van der Waals surface area contributed by atoms with E-state index in [9.17, 15) is 5.11 Å². The average Bonchev–Trinajstić information content (AvgIpc) is 2.35. The van der Waals surface area contributed by atoms with Crippen molar-refractivity contribution in [3.8, 4) is 0 Å². The number of methoxy groups -OCH3 is 1. The monoisotopic (exact) mass is 236 g/mol. The smallest absolute Gasteiger partial charge is 0.0924 e. The minimum Gasteiger partial charge on any atom is -0.501 e. The predicted octanol–water partition coefficient (Wildman–Crippen LogP) is 3.59. The summed E-state index contributed by atoms with van der Waals surface area (Å²) in [6.45, 7) is 3.94. The van der Waals surface area contributed by atoms with Gasteiger partial charge >= 0.3 is 0 Å². The minimum absolute atomic E-state index is 0.192. The summed E-state index contributed by atoms with van der Waals surface area (Å²) in [5.74, 6) is 1.16.